The molecule has 0 aliphatic rings. The monoisotopic (exact) mass is 229 g/mol. The van der Waals surface area contributed by atoms with Crippen molar-refractivity contribution in [2.45, 2.75) is 46.1 Å². The molecule has 2 nitrogen and oxygen atoms in total. The van der Waals surface area contributed by atoms with Gasteiger partial charge in [-0.05, 0) is 18.8 Å². The molecular weight excluding hydrogens is 208 g/mol. The van der Waals surface area contributed by atoms with Crippen molar-refractivity contribution in [2.24, 2.45) is 13.0 Å². The standard InChI is InChI=1S/C12H22ClN2/c1-4-6-7-11(5-2)10-15-9-8-14(3)12(15)13/h8-9,11H,4-7,10H2,1-3H3/q+1. The first-order chi connectivity index (χ1) is 7.19. The molecule has 1 rings (SSSR count). The number of nitrogens with zero attached hydrogens (tertiary/aromatic N) is 2. The number of rotatable bonds is 6. The fourth-order valence-electron chi connectivity index (χ4n) is 1.84. The van der Waals surface area contributed by atoms with Crippen LogP contribution in [0.1, 0.15) is 39.5 Å². The van der Waals surface area contributed by atoms with Gasteiger partial charge in [0.05, 0.1) is 13.6 Å². The summed E-state index contributed by atoms with van der Waals surface area (Å²) in [5.74, 6) is 0.759. The van der Waals surface area contributed by atoms with Crippen molar-refractivity contribution in [3.63, 3.8) is 0 Å². The molecule has 0 aliphatic heterocycles. The molecular formula is C12H22ClN2+. The quantitative estimate of drug-likeness (QED) is 0.663. The third-order valence-electron chi connectivity index (χ3n) is 3.00. The van der Waals surface area contributed by atoms with E-state index in [9.17, 15) is 0 Å². The van der Waals surface area contributed by atoms with Crippen LogP contribution in [-0.4, -0.2) is 4.57 Å². The minimum Gasteiger partial charge on any atom is -0.223 e. The Morgan fingerprint density at radius 2 is 2.20 bits per heavy atom. The number of imidazole rings is 1. The summed E-state index contributed by atoms with van der Waals surface area (Å²) < 4.78 is 4.10. The zero-order valence-electron chi connectivity index (χ0n) is 10.0. The van der Waals surface area contributed by atoms with Crippen molar-refractivity contribution in [1.29, 1.82) is 0 Å². The highest BCUT2D eigenvalue weighted by atomic mass is 35.5. The van der Waals surface area contributed by atoms with E-state index in [-0.39, 0.29) is 0 Å². The van der Waals surface area contributed by atoms with E-state index in [0.717, 1.165) is 17.7 Å². The number of hydrogen-bond donors (Lipinski definition) is 0. The highest BCUT2D eigenvalue weighted by Crippen LogP contribution is 2.13. The van der Waals surface area contributed by atoms with E-state index in [1.54, 1.807) is 0 Å². The largest absolute Gasteiger partial charge is 0.354 e. The molecule has 0 amide bonds. The zero-order chi connectivity index (χ0) is 11.3. The maximum absolute atomic E-state index is 6.17. The molecule has 0 bridgehead atoms. The fraction of sp³-hybridized carbons (Fsp3) is 0.750. The van der Waals surface area contributed by atoms with Crippen LogP contribution in [0.25, 0.3) is 0 Å². The number of unbranched alkanes of at least 4 members (excludes halogenated alkanes) is 1. The minimum atomic E-state index is 0.759. The van der Waals surface area contributed by atoms with Gasteiger partial charge in [-0.2, -0.15) is 0 Å². The van der Waals surface area contributed by atoms with Crippen LogP contribution < -0.4 is 4.57 Å². The van der Waals surface area contributed by atoms with Crippen LogP contribution in [0.15, 0.2) is 12.4 Å². The van der Waals surface area contributed by atoms with Gasteiger partial charge in [-0.1, -0.05) is 26.7 Å². The Balaban J connectivity index is 2.54. The number of halogens is 1. The molecule has 1 unspecified atom stereocenters. The topological polar surface area (TPSA) is 8.81 Å². The Kier molecular flexibility index (Phi) is 5.16. The second-order valence-electron chi connectivity index (χ2n) is 4.25. The first-order valence-electron chi connectivity index (χ1n) is 5.89. The van der Waals surface area contributed by atoms with Crippen molar-refractivity contribution in [3.8, 4) is 0 Å². The van der Waals surface area contributed by atoms with Gasteiger partial charge in [0, 0.05) is 11.6 Å². The van der Waals surface area contributed by atoms with E-state index in [1.165, 1.54) is 25.7 Å². The van der Waals surface area contributed by atoms with Gasteiger partial charge in [-0.15, -0.1) is 0 Å². The van der Waals surface area contributed by atoms with Crippen LogP contribution in [0.4, 0.5) is 0 Å². The summed E-state index contributed by atoms with van der Waals surface area (Å²) in [6.45, 7) is 5.56. The van der Waals surface area contributed by atoms with E-state index in [0.29, 0.717) is 0 Å². The van der Waals surface area contributed by atoms with Gasteiger partial charge in [0.1, 0.15) is 12.4 Å². The number of aryl methyl sites for hydroxylation is 1. The molecule has 0 N–H and O–H groups in total. The lowest BCUT2D eigenvalue weighted by atomic mass is 9.99. The summed E-state index contributed by atoms with van der Waals surface area (Å²) in [4.78, 5) is 0. The van der Waals surface area contributed by atoms with Gasteiger partial charge in [-0.25, -0.2) is 9.13 Å². The molecule has 0 aliphatic carbocycles. The Morgan fingerprint density at radius 1 is 1.47 bits per heavy atom. The highest BCUT2D eigenvalue weighted by molar-refractivity contribution is 6.27. The van der Waals surface area contributed by atoms with Crippen LogP contribution in [0.3, 0.4) is 0 Å². The second-order valence-corrected chi connectivity index (χ2v) is 4.59. The molecule has 86 valence electrons. The van der Waals surface area contributed by atoms with Crippen molar-refractivity contribution < 1.29 is 4.57 Å². The maximum Gasteiger partial charge on any atom is 0.354 e. The molecule has 1 heterocycles. The second kappa shape index (κ2) is 6.16. The van der Waals surface area contributed by atoms with Crippen LogP contribution >= 0.6 is 11.6 Å². The average Bonchev–Trinajstić information content (AvgIpc) is 2.55. The molecule has 0 saturated heterocycles. The van der Waals surface area contributed by atoms with E-state index in [4.69, 9.17) is 11.6 Å². The fourth-order valence-corrected chi connectivity index (χ4v) is 2.02. The van der Waals surface area contributed by atoms with E-state index in [2.05, 4.69) is 24.6 Å². The summed E-state index contributed by atoms with van der Waals surface area (Å²) in [6, 6.07) is 0. The Morgan fingerprint density at radius 3 is 2.67 bits per heavy atom. The molecule has 1 aromatic heterocycles. The van der Waals surface area contributed by atoms with Gasteiger partial charge in [-0.3, -0.25) is 0 Å². The number of hydrogen-bond acceptors (Lipinski definition) is 0. The number of aromatic nitrogens is 2. The Bertz CT molecular complexity index is 294. The third kappa shape index (κ3) is 3.53. The SMILES string of the molecule is CCCCC(CC)C[n+]1ccn(C)c1Cl. The summed E-state index contributed by atoms with van der Waals surface area (Å²) in [5, 5.41) is 0.824. The molecule has 3 heteroatoms. The van der Waals surface area contributed by atoms with Gasteiger partial charge in [0.15, 0.2) is 0 Å². The molecule has 1 atom stereocenters. The predicted octanol–water partition coefficient (Wildman–Crippen LogP) is 3.18. The van der Waals surface area contributed by atoms with Crippen LogP contribution in [0.5, 0.6) is 0 Å². The van der Waals surface area contributed by atoms with Crippen molar-refractivity contribution in [1.82, 2.24) is 4.57 Å². The molecule has 0 radical (unpaired) electrons. The zero-order valence-corrected chi connectivity index (χ0v) is 10.8. The van der Waals surface area contributed by atoms with Crippen molar-refractivity contribution in [3.05, 3.63) is 17.7 Å². The van der Waals surface area contributed by atoms with Crippen LogP contribution in [-0.2, 0) is 13.6 Å². The molecule has 0 aromatic carbocycles. The lowest BCUT2D eigenvalue weighted by Crippen LogP contribution is -2.37. The average molecular weight is 230 g/mol. The summed E-state index contributed by atoms with van der Waals surface area (Å²) in [5.41, 5.74) is 0. The Labute approximate surface area is 97.9 Å². The lowest BCUT2D eigenvalue weighted by Gasteiger charge is -2.11. The van der Waals surface area contributed by atoms with Gasteiger partial charge in [0.25, 0.3) is 0 Å². The normalized spacial score (nSPS) is 13.1. The highest BCUT2D eigenvalue weighted by Gasteiger charge is 2.15. The predicted molar refractivity (Wildman–Crippen MR) is 63.9 cm³/mol. The van der Waals surface area contributed by atoms with Crippen molar-refractivity contribution >= 4 is 11.6 Å². The first-order valence-corrected chi connectivity index (χ1v) is 6.27. The summed E-state index contributed by atoms with van der Waals surface area (Å²) >= 11 is 6.17. The molecule has 15 heavy (non-hydrogen) atoms. The Hall–Kier alpha value is -0.500. The smallest absolute Gasteiger partial charge is 0.223 e. The van der Waals surface area contributed by atoms with Gasteiger partial charge in [0.2, 0.25) is 0 Å². The maximum atomic E-state index is 6.17. The molecule has 0 fully saturated rings. The van der Waals surface area contributed by atoms with E-state index >= 15 is 0 Å². The summed E-state index contributed by atoms with van der Waals surface area (Å²) in [6.07, 6.45) is 9.22. The lowest BCUT2D eigenvalue weighted by molar-refractivity contribution is -0.700. The van der Waals surface area contributed by atoms with E-state index < -0.39 is 0 Å². The van der Waals surface area contributed by atoms with E-state index in [1.807, 2.05) is 17.8 Å². The van der Waals surface area contributed by atoms with Crippen LogP contribution in [0, 0.1) is 5.92 Å². The molecule has 0 saturated carbocycles. The summed E-state index contributed by atoms with van der Waals surface area (Å²) in [7, 11) is 1.98. The third-order valence-corrected chi connectivity index (χ3v) is 3.48. The van der Waals surface area contributed by atoms with Crippen molar-refractivity contribution in [2.75, 3.05) is 0 Å². The van der Waals surface area contributed by atoms with Crippen LogP contribution in [0.2, 0.25) is 5.28 Å². The van der Waals surface area contributed by atoms with Gasteiger partial charge >= 0.3 is 5.28 Å². The van der Waals surface area contributed by atoms with Gasteiger partial charge < -0.3 is 0 Å². The minimum absolute atomic E-state index is 0.759. The molecule has 1 aromatic rings. The molecule has 0 spiro atoms. The first kappa shape index (κ1) is 12.6.